The van der Waals surface area contributed by atoms with Crippen molar-refractivity contribution < 1.29 is 4.79 Å². The van der Waals surface area contributed by atoms with Gasteiger partial charge in [-0.1, -0.05) is 30.3 Å². The number of hydrogen-bond donors (Lipinski definition) is 1. The predicted octanol–water partition coefficient (Wildman–Crippen LogP) is 1.88. The number of rotatable bonds is 5. The minimum absolute atomic E-state index is 0.283. The quantitative estimate of drug-likeness (QED) is 0.916. The Balaban J connectivity index is 1.82. The van der Waals surface area contributed by atoms with Gasteiger partial charge in [-0.05, 0) is 37.4 Å². The molecular formula is C17H22N4O. The van der Waals surface area contributed by atoms with Gasteiger partial charge in [-0.25, -0.2) is 0 Å². The van der Waals surface area contributed by atoms with Gasteiger partial charge in [0.25, 0.3) is 0 Å². The van der Waals surface area contributed by atoms with Crippen LogP contribution < -0.4 is 5.73 Å². The highest BCUT2D eigenvalue weighted by Crippen LogP contribution is 2.30. The molecule has 22 heavy (non-hydrogen) atoms. The maximum Gasteiger partial charge on any atom is 0.239 e. The maximum atomic E-state index is 12.0. The number of hydrogen-bond acceptors (Lipinski definition) is 3. The summed E-state index contributed by atoms with van der Waals surface area (Å²) in [5.74, 6) is -0.283. The molecule has 0 aliphatic carbocycles. The molecule has 0 unspecified atom stereocenters. The molecule has 1 saturated heterocycles. The average molecular weight is 298 g/mol. The molecule has 2 atom stereocenters. The van der Waals surface area contributed by atoms with Crippen LogP contribution in [0.2, 0.25) is 0 Å². The van der Waals surface area contributed by atoms with Crippen LogP contribution in [-0.4, -0.2) is 33.2 Å². The summed E-state index contributed by atoms with van der Waals surface area (Å²) >= 11 is 0. The van der Waals surface area contributed by atoms with Crippen molar-refractivity contribution >= 4 is 5.91 Å². The largest absolute Gasteiger partial charge is 0.368 e. The number of benzene rings is 1. The van der Waals surface area contributed by atoms with E-state index in [4.69, 9.17) is 5.73 Å². The number of primary amides is 1. The van der Waals surface area contributed by atoms with Crippen molar-refractivity contribution in [3.8, 4) is 0 Å². The van der Waals surface area contributed by atoms with Crippen molar-refractivity contribution in [3.63, 3.8) is 0 Å². The second-order valence-electron chi connectivity index (χ2n) is 5.99. The molecule has 1 aliphatic rings. The SMILES string of the molecule is Cc1cnn(C[C@H]2CCCN2[C@H](C(N)=O)c2ccccc2)c1. The molecule has 1 aliphatic heterocycles. The van der Waals surface area contributed by atoms with E-state index in [0.717, 1.165) is 37.1 Å². The lowest BCUT2D eigenvalue weighted by Gasteiger charge is -2.31. The molecule has 3 rings (SSSR count). The summed E-state index contributed by atoms with van der Waals surface area (Å²) in [5.41, 5.74) is 7.83. The number of nitrogens with two attached hydrogens (primary N) is 1. The number of likely N-dealkylation sites (tertiary alicyclic amines) is 1. The Morgan fingerprint density at radius 2 is 2.18 bits per heavy atom. The molecule has 1 aromatic carbocycles. The van der Waals surface area contributed by atoms with Gasteiger partial charge < -0.3 is 5.73 Å². The van der Waals surface area contributed by atoms with Crippen LogP contribution in [0.15, 0.2) is 42.7 Å². The lowest BCUT2D eigenvalue weighted by molar-refractivity contribution is -0.124. The molecule has 0 saturated carbocycles. The molecule has 0 bridgehead atoms. The Kier molecular flexibility index (Phi) is 4.24. The highest BCUT2D eigenvalue weighted by molar-refractivity contribution is 5.81. The van der Waals surface area contributed by atoms with Crippen LogP contribution in [0.4, 0.5) is 0 Å². The summed E-state index contributed by atoms with van der Waals surface area (Å²) in [6, 6.07) is 9.74. The third-order valence-corrected chi connectivity index (χ3v) is 4.30. The minimum atomic E-state index is -0.356. The van der Waals surface area contributed by atoms with Crippen LogP contribution in [0.25, 0.3) is 0 Å². The Hall–Kier alpha value is -2.14. The maximum absolute atomic E-state index is 12.0. The summed E-state index contributed by atoms with van der Waals surface area (Å²) in [6.45, 7) is 3.73. The monoisotopic (exact) mass is 298 g/mol. The Labute approximate surface area is 130 Å². The Bertz CT molecular complexity index is 637. The summed E-state index contributed by atoms with van der Waals surface area (Å²) in [5, 5.41) is 4.36. The van der Waals surface area contributed by atoms with Crippen LogP contribution in [-0.2, 0) is 11.3 Å². The molecule has 1 aromatic heterocycles. The van der Waals surface area contributed by atoms with Crippen molar-refractivity contribution in [1.82, 2.24) is 14.7 Å². The standard InChI is InChI=1S/C17H22N4O/c1-13-10-19-20(11-13)12-15-8-5-9-21(15)16(17(18)22)14-6-3-2-4-7-14/h2-4,6-7,10-11,15-16H,5,8-9,12H2,1H3,(H2,18,22)/t15-,16+/m1/s1. The smallest absolute Gasteiger partial charge is 0.239 e. The van der Waals surface area contributed by atoms with Gasteiger partial charge in [-0.2, -0.15) is 5.10 Å². The fourth-order valence-corrected chi connectivity index (χ4v) is 3.33. The molecule has 5 nitrogen and oxygen atoms in total. The van der Waals surface area contributed by atoms with Crippen LogP contribution in [0.3, 0.4) is 0 Å². The third kappa shape index (κ3) is 3.04. The predicted molar refractivity (Wildman–Crippen MR) is 85.1 cm³/mol. The number of amides is 1. The Morgan fingerprint density at radius 1 is 1.41 bits per heavy atom. The van der Waals surface area contributed by atoms with E-state index in [-0.39, 0.29) is 18.0 Å². The highest BCUT2D eigenvalue weighted by Gasteiger charge is 2.34. The van der Waals surface area contributed by atoms with Gasteiger partial charge in [0, 0.05) is 12.2 Å². The molecule has 2 N–H and O–H groups in total. The summed E-state index contributed by atoms with van der Waals surface area (Å²) in [7, 11) is 0. The number of carbonyl (C=O) groups excluding carboxylic acids is 1. The van der Waals surface area contributed by atoms with Crippen molar-refractivity contribution in [1.29, 1.82) is 0 Å². The minimum Gasteiger partial charge on any atom is -0.368 e. The van der Waals surface area contributed by atoms with Gasteiger partial charge in [0.1, 0.15) is 6.04 Å². The molecule has 1 amide bonds. The van der Waals surface area contributed by atoms with E-state index in [1.807, 2.05) is 54.3 Å². The number of nitrogens with zero attached hydrogens (tertiary/aromatic N) is 3. The normalized spacial score (nSPS) is 20.1. The van der Waals surface area contributed by atoms with E-state index in [0.29, 0.717) is 0 Å². The van der Waals surface area contributed by atoms with Gasteiger partial charge in [0.05, 0.1) is 12.7 Å². The lowest BCUT2D eigenvalue weighted by Crippen LogP contribution is -2.42. The zero-order valence-corrected chi connectivity index (χ0v) is 12.9. The second kappa shape index (κ2) is 6.32. The zero-order valence-electron chi connectivity index (χ0n) is 12.9. The second-order valence-corrected chi connectivity index (χ2v) is 5.99. The third-order valence-electron chi connectivity index (χ3n) is 4.30. The van der Waals surface area contributed by atoms with E-state index in [1.165, 1.54) is 0 Å². The summed E-state index contributed by atoms with van der Waals surface area (Å²) < 4.78 is 1.96. The van der Waals surface area contributed by atoms with E-state index in [1.54, 1.807) is 0 Å². The van der Waals surface area contributed by atoms with Crippen molar-refractivity contribution in [3.05, 3.63) is 53.9 Å². The topological polar surface area (TPSA) is 64.2 Å². The molecule has 0 spiro atoms. The number of carbonyl (C=O) groups is 1. The fraction of sp³-hybridized carbons (Fsp3) is 0.412. The van der Waals surface area contributed by atoms with Gasteiger partial charge >= 0.3 is 0 Å². The first-order chi connectivity index (χ1) is 10.6. The van der Waals surface area contributed by atoms with Gasteiger partial charge in [0.15, 0.2) is 0 Å². The average Bonchev–Trinajstić information content (AvgIpc) is 3.10. The van der Waals surface area contributed by atoms with Crippen LogP contribution >= 0.6 is 0 Å². The van der Waals surface area contributed by atoms with Gasteiger partial charge in [-0.3, -0.25) is 14.4 Å². The molecule has 5 heteroatoms. The number of aromatic nitrogens is 2. The van der Waals surface area contributed by atoms with Crippen molar-refractivity contribution in [2.45, 2.75) is 38.4 Å². The molecule has 2 aromatic rings. The lowest BCUT2D eigenvalue weighted by atomic mass is 10.0. The first-order valence-corrected chi connectivity index (χ1v) is 7.74. The summed E-state index contributed by atoms with van der Waals surface area (Å²) in [4.78, 5) is 14.3. The van der Waals surface area contributed by atoms with Gasteiger partial charge in [0.2, 0.25) is 5.91 Å². The highest BCUT2D eigenvalue weighted by atomic mass is 16.1. The van der Waals surface area contributed by atoms with E-state index >= 15 is 0 Å². The van der Waals surface area contributed by atoms with Gasteiger partial charge in [-0.15, -0.1) is 0 Å². The zero-order chi connectivity index (χ0) is 15.5. The molecule has 116 valence electrons. The van der Waals surface area contributed by atoms with Crippen molar-refractivity contribution in [2.75, 3.05) is 6.54 Å². The first-order valence-electron chi connectivity index (χ1n) is 7.74. The summed E-state index contributed by atoms with van der Waals surface area (Å²) in [6.07, 6.45) is 6.05. The van der Waals surface area contributed by atoms with E-state index in [2.05, 4.69) is 10.00 Å². The van der Waals surface area contributed by atoms with Crippen LogP contribution in [0.5, 0.6) is 0 Å². The fourth-order valence-electron chi connectivity index (χ4n) is 3.33. The number of aryl methyl sites for hydroxylation is 1. The molecule has 0 radical (unpaired) electrons. The van der Waals surface area contributed by atoms with Crippen molar-refractivity contribution in [2.24, 2.45) is 5.73 Å². The first kappa shape index (κ1) is 14.8. The van der Waals surface area contributed by atoms with Crippen LogP contribution in [0.1, 0.15) is 30.0 Å². The molecule has 2 heterocycles. The Morgan fingerprint density at radius 3 is 2.82 bits per heavy atom. The molecule has 1 fully saturated rings. The molecular weight excluding hydrogens is 276 g/mol. The van der Waals surface area contributed by atoms with Crippen LogP contribution in [0, 0.1) is 6.92 Å². The van der Waals surface area contributed by atoms with E-state index in [9.17, 15) is 4.79 Å². The van der Waals surface area contributed by atoms with E-state index < -0.39 is 0 Å².